The number of aliphatic hydroxyl groups is 2. The number of carbonyl (C=O) groups excluding carboxylic acids is 2. The number of halogens is 4. The number of pyridine rings is 2. The molecule has 5 heterocycles. The topological polar surface area (TPSA) is 185 Å². The number of carbonyl (C=O) groups is 2. The molecule has 1 saturated heterocycles. The number of hydrogen-bond acceptors (Lipinski definition) is 13. The Hall–Kier alpha value is -5.60. The number of amides is 2. The molecule has 3 aromatic heterocycles. The number of aliphatic hydroxyl groups excluding tert-OH is 2. The molecule has 66 heavy (non-hydrogen) atoms. The number of para-hydroxylation sites is 1. The van der Waals surface area contributed by atoms with Crippen molar-refractivity contribution in [1.82, 2.24) is 35.4 Å². The normalized spacial score (nSPS) is 18.7. The number of nitrogens with one attached hydrogen (secondary N) is 2. The lowest BCUT2D eigenvalue weighted by Crippen LogP contribution is -2.63. The number of ether oxygens (including phenoxy) is 3. The Balaban J connectivity index is 0.000000715. The molecule has 0 spiro atoms. The highest BCUT2D eigenvalue weighted by atomic mass is 79.9. The number of methoxy groups -OCH3 is 2. The van der Waals surface area contributed by atoms with Crippen molar-refractivity contribution in [3.8, 4) is 28.6 Å². The van der Waals surface area contributed by atoms with Crippen LogP contribution in [0, 0.1) is 12.8 Å². The van der Waals surface area contributed by atoms with E-state index in [1.807, 2.05) is 60.5 Å². The Morgan fingerprint density at radius 3 is 2.33 bits per heavy atom. The maximum Gasteiger partial charge on any atom is 0.405 e. The van der Waals surface area contributed by atoms with Crippen LogP contribution in [0.15, 0.2) is 100 Å². The molecule has 7 rings (SSSR count). The summed E-state index contributed by atoms with van der Waals surface area (Å²) < 4.78 is 63.0. The van der Waals surface area contributed by atoms with Crippen molar-refractivity contribution in [3.63, 3.8) is 0 Å². The van der Waals surface area contributed by atoms with Crippen molar-refractivity contribution in [2.24, 2.45) is 5.92 Å². The number of rotatable bonds is 15. The Kier molecular flexibility index (Phi) is 16.8. The predicted octanol–water partition coefficient (Wildman–Crippen LogP) is 6.03. The van der Waals surface area contributed by atoms with Crippen LogP contribution < -0.4 is 24.8 Å². The number of nitrogens with zero attached hydrogens (tertiary/aromatic N) is 5. The van der Waals surface area contributed by atoms with Gasteiger partial charge in [0.15, 0.2) is 5.76 Å². The number of aryl methyl sites for hydroxylation is 1. The zero-order valence-corrected chi connectivity index (χ0v) is 38.9. The van der Waals surface area contributed by atoms with E-state index in [0.717, 1.165) is 15.8 Å². The molecule has 0 bridgehead atoms. The number of piperazine rings is 1. The quantitative estimate of drug-likeness (QED) is 0.0956. The first kappa shape index (κ1) is 49.8. The highest BCUT2D eigenvalue weighted by molar-refractivity contribution is 9.10. The van der Waals surface area contributed by atoms with Gasteiger partial charge in [-0.1, -0.05) is 48.5 Å². The molecule has 5 aromatic rings. The number of benzene rings is 2. The average Bonchev–Trinajstić information content (AvgIpc) is 3.71. The van der Waals surface area contributed by atoms with Gasteiger partial charge < -0.3 is 39.5 Å². The first-order valence-electron chi connectivity index (χ1n) is 21.3. The lowest BCUT2D eigenvalue weighted by molar-refractivity contribution is -0.144. The van der Waals surface area contributed by atoms with E-state index in [9.17, 15) is 33.0 Å². The maximum absolute atomic E-state index is 14.0. The van der Waals surface area contributed by atoms with Gasteiger partial charge in [-0.2, -0.15) is 13.2 Å². The lowest BCUT2D eigenvalue weighted by atomic mass is 9.90. The Bertz CT molecular complexity index is 2390. The smallest absolute Gasteiger partial charge is 0.405 e. The maximum atomic E-state index is 14.0. The molecular weight excluding hydrogens is 927 g/mol. The summed E-state index contributed by atoms with van der Waals surface area (Å²) >= 11 is 3.26. The van der Waals surface area contributed by atoms with Gasteiger partial charge in [0.05, 0.1) is 50.0 Å². The first-order chi connectivity index (χ1) is 31.4. The molecule has 0 saturated carbocycles. The monoisotopic (exact) mass is 981 g/mol. The highest BCUT2D eigenvalue weighted by Crippen LogP contribution is 2.36. The van der Waals surface area contributed by atoms with E-state index in [0.29, 0.717) is 46.5 Å². The van der Waals surface area contributed by atoms with Crippen LogP contribution in [0.25, 0.3) is 11.3 Å². The van der Waals surface area contributed by atoms with E-state index in [2.05, 4.69) is 31.2 Å². The largest absolute Gasteiger partial charge is 0.495 e. The first-order valence-corrected chi connectivity index (χ1v) is 22.1. The summed E-state index contributed by atoms with van der Waals surface area (Å²) in [5.74, 6) is 0.674. The van der Waals surface area contributed by atoms with E-state index in [1.165, 1.54) is 7.11 Å². The molecule has 4 N–H and O–H groups in total. The van der Waals surface area contributed by atoms with Crippen LogP contribution in [0.3, 0.4) is 0 Å². The molecule has 5 atom stereocenters. The third kappa shape index (κ3) is 13.1. The number of aromatic nitrogens is 3. The molecule has 1 fully saturated rings. The van der Waals surface area contributed by atoms with Gasteiger partial charge >= 0.3 is 6.18 Å². The van der Waals surface area contributed by atoms with Crippen LogP contribution in [0.5, 0.6) is 17.2 Å². The molecule has 0 unspecified atom stereocenters. The highest BCUT2D eigenvalue weighted by Gasteiger charge is 2.43. The Morgan fingerprint density at radius 1 is 0.970 bits per heavy atom. The molecule has 19 heteroatoms. The van der Waals surface area contributed by atoms with E-state index in [-0.39, 0.29) is 39.1 Å². The summed E-state index contributed by atoms with van der Waals surface area (Å²) in [6.45, 7) is 4.46. The van der Waals surface area contributed by atoms with Gasteiger partial charge in [-0.05, 0) is 73.3 Å². The van der Waals surface area contributed by atoms with Gasteiger partial charge in [-0.3, -0.25) is 29.4 Å². The summed E-state index contributed by atoms with van der Waals surface area (Å²) in [6, 6.07) is 18.2. The van der Waals surface area contributed by atoms with Crippen molar-refractivity contribution in [2.75, 3.05) is 53.6 Å². The minimum atomic E-state index is -4.63. The number of alkyl halides is 3. The minimum Gasteiger partial charge on any atom is -0.495 e. The second-order valence-corrected chi connectivity index (χ2v) is 17.5. The van der Waals surface area contributed by atoms with Gasteiger partial charge in [0, 0.05) is 60.1 Å². The van der Waals surface area contributed by atoms with E-state index in [1.54, 1.807) is 74.1 Å². The number of fused-ring (bicyclic) bond motifs is 1. The molecule has 15 nitrogen and oxygen atoms in total. The predicted molar refractivity (Wildman–Crippen MR) is 242 cm³/mol. The lowest BCUT2D eigenvalue weighted by Gasteiger charge is -2.46. The summed E-state index contributed by atoms with van der Waals surface area (Å²) in [6.07, 6.45) is 0.0114. The summed E-state index contributed by atoms with van der Waals surface area (Å²) in [7, 11) is 3.14. The molecule has 354 valence electrons. The van der Waals surface area contributed by atoms with Crippen molar-refractivity contribution >= 4 is 27.7 Å². The fraction of sp³-hybridized carbons (Fsp3) is 0.426. The second kappa shape index (κ2) is 22.3. The SMILES string of the molecule is COc1cncc(-c2oc(C(C)(C)N3CCN(C[C@@H](O)C[C@@H](Cc4ccccc4)C(=O)N[C@H]4c5ccccc5OC[C@H]4O)[C@H](C(=O)NCC(F)(F)F)C3)nc2C)c1.COc1cncc(Br)c1. The zero-order chi connectivity index (χ0) is 47.6. The molecule has 2 aliphatic rings. The summed E-state index contributed by atoms with van der Waals surface area (Å²) in [5.41, 5.74) is 1.82. The van der Waals surface area contributed by atoms with Gasteiger partial charge in [0.1, 0.15) is 42.5 Å². The zero-order valence-electron chi connectivity index (χ0n) is 37.3. The van der Waals surface area contributed by atoms with Crippen LogP contribution >= 0.6 is 15.9 Å². The van der Waals surface area contributed by atoms with Crippen LogP contribution in [-0.4, -0.2) is 125 Å². The van der Waals surface area contributed by atoms with E-state index < -0.39 is 60.3 Å². The van der Waals surface area contributed by atoms with Crippen molar-refractivity contribution in [3.05, 3.63) is 119 Å². The van der Waals surface area contributed by atoms with Crippen LogP contribution in [0.2, 0.25) is 0 Å². The molecule has 2 aliphatic heterocycles. The van der Waals surface area contributed by atoms with Crippen LogP contribution in [0.1, 0.15) is 49.0 Å². The molecule has 0 aliphatic carbocycles. The Morgan fingerprint density at radius 2 is 1.65 bits per heavy atom. The van der Waals surface area contributed by atoms with Gasteiger partial charge in [-0.25, -0.2) is 4.98 Å². The van der Waals surface area contributed by atoms with Crippen molar-refractivity contribution in [2.45, 2.75) is 69.6 Å². The van der Waals surface area contributed by atoms with Crippen LogP contribution in [-0.2, 0) is 21.5 Å². The molecular formula is C47H55BrF3N7O8. The van der Waals surface area contributed by atoms with E-state index >= 15 is 0 Å². The van der Waals surface area contributed by atoms with Crippen molar-refractivity contribution < 1.29 is 51.6 Å². The Labute approximate surface area is 389 Å². The van der Waals surface area contributed by atoms with Gasteiger partial charge in [0.2, 0.25) is 17.7 Å². The molecule has 2 aromatic carbocycles. The van der Waals surface area contributed by atoms with Gasteiger partial charge in [-0.15, -0.1) is 0 Å². The average molecular weight is 983 g/mol. The number of hydrogen-bond donors (Lipinski definition) is 4. The van der Waals surface area contributed by atoms with Crippen LogP contribution in [0.4, 0.5) is 13.2 Å². The summed E-state index contributed by atoms with van der Waals surface area (Å²) in [4.78, 5) is 43.9. The third-order valence-electron chi connectivity index (χ3n) is 11.5. The number of oxazole rings is 1. The van der Waals surface area contributed by atoms with E-state index in [4.69, 9.17) is 23.6 Å². The standard InChI is InChI=1S/C41H49F3N6O7.C6H6BrNO/c1-25-36(28-18-30(55-4)20-45-19-28)57-39(47-25)40(2,3)50-15-14-49(32(22-50)38(54)46-24-41(42,43)44)21-29(51)17-27(16-26-10-6-5-7-11-26)37(53)48-35-31-12-8-9-13-34(31)56-23-33(35)52;1-9-6-2-5(7)3-8-4-6/h5-13,18-20,27,29,32-33,35,51-52H,14-17,21-24H2,1-4H3,(H,46,54)(H,48,53);2-4H,1H3/t27-,29+,32+,33-,35+;/m1./s1. The number of β-amino-alcohol motifs (C(OH)–C–C–N with tert-alkyl or cyclic N) is 1. The fourth-order valence-corrected chi connectivity index (χ4v) is 8.31. The fourth-order valence-electron chi connectivity index (χ4n) is 7.97. The van der Waals surface area contributed by atoms with Gasteiger partial charge in [0.25, 0.3) is 0 Å². The summed E-state index contributed by atoms with van der Waals surface area (Å²) in [5, 5.41) is 27.4. The molecule has 2 amide bonds. The minimum absolute atomic E-state index is 0.00410. The third-order valence-corrected chi connectivity index (χ3v) is 12.0. The molecule has 0 radical (unpaired) electrons. The second-order valence-electron chi connectivity index (χ2n) is 16.6. The van der Waals surface area contributed by atoms with Crippen molar-refractivity contribution in [1.29, 1.82) is 0 Å².